The summed E-state index contributed by atoms with van der Waals surface area (Å²) >= 11 is 0. The van der Waals surface area contributed by atoms with E-state index in [4.69, 9.17) is 4.99 Å². The monoisotopic (exact) mass is 294 g/mol. The second-order valence-electron chi connectivity index (χ2n) is 5.62. The Hall–Kier alpha value is -1.83. The molecule has 3 aliphatic heterocycles. The van der Waals surface area contributed by atoms with E-state index >= 15 is 0 Å². The molecule has 8 nitrogen and oxygen atoms in total. The molecule has 0 radical (unpaired) electrons. The molecule has 0 bridgehead atoms. The lowest BCUT2D eigenvalue weighted by atomic mass is 10.1. The molecule has 2 N–H and O–H groups in total. The predicted octanol–water partition coefficient (Wildman–Crippen LogP) is -1.15. The topological polar surface area (TPSA) is 80.3 Å². The van der Waals surface area contributed by atoms with E-state index in [1.165, 1.54) is 4.90 Å². The summed E-state index contributed by atoms with van der Waals surface area (Å²) in [5.74, 6) is 0.607. The molecule has 3 aliphatic rings. The van der Waals surface area contributed by atoms with Crippen molar-refractivity contribution in [2.75, 3.05) is 39.8 Å². The van der Waals surface area contributed by atoms with Crippen LogP contribution in [0.4, 0.5) is 4.79 Å². The van der Waals surface area contributed by atoms with Crippen LogP contribution in [0.3, 0.4) is 0 Å². The van der Waals surface area contributed by atoms with Gasteiger partial charge in [-0.05, 0) is 6.42 Å². The Balaban J connectivity index is 1.90. The van der Waals surface area contributed by atoms with Crippen LogP contribution in [0.1, 0.15) is 13.3 Å². The number of piperazine rings is 1. The number of hydrogen-bond acceptors (Lipinski definition) is 6. The van der Waals surface area contributed by atoms with Crippen LogP contribution in [-0.4, -0.2) is 84.6 Å². The smallest absolute Gasteiger partial charge is 0.325 e. The van der Waals surface area contributed by atoms with Crippen molar-refractivity contribution in [2.24, 2.45) is 4.99 Å². The quantitative estimate of drug-likeness (QED) is 0.672. The minimum absolute atomic E-state index is 0.245. The maximum atomic E-state index is 12.2. The molecular weight excluding hydrogens is 272 g/mol. The van der Waals surface area contributed by atoms with E-state index in [0.29, 0.717) is 0 Å². The van der Waals surface area contributed by atoms with Gasteiger partial charge in [0.2, 0.25) is 0 Å². The van der Waals surface area contributed by atoms with Crippen molar-refractivity contribution in [3.63, 3.8) is 0 Å². The molecule has 0 spiro atoms. The van der Waals surface area contributed by atoms with E-state index in [-0.39, 0.29) is 11.9 Å². The number of urea groups is 1. The number of likely N-dealkylation sites (N-methyl/N-ethyl adjacent to an activating group) is 1. The molecule has 0 aromatic carbocycles. The molecule has 2 unspecified atom stereocenters. The molecule has 0 aliphatic carbocycles. The zero-order valence-electron chi connectivity index (χ0n) is 12.5. The molecule has 8 heteroatoms. The molecule has 0 aromatic heterocycles. The van der Waals surface area contributed by atoms with Crippen molar-refractivity contribution in [1.82, 2.24) is 25.3 Å². The Morgan fingerprint density at radius 3 is 2.67 bits per heavy atom. The van der Waals surface area contributed by atoms with Gasteiger partial charge >= 0.3 is 6.03 Å². The zero-order valence-corrected chi connectivity index (χ0v) is 12.5. The zero-order chi connectivity index (χ0) is 15.0. The van der Waals surface area contributed by atoms with Gasteiger partial charge in [-0.2, -0.15) is 0 Å². The summed E-state index contributed by atoms with van der Waals surface area (Å²) in [6.45, 7) is 6.41. The minimum atomic E-state index is -0.414. The van der Waals surface area contributed by atoms with Crippen molar-refractivity contribution >= 4 is 17.9 Å². The first-order chi connectivity index (χ1) is 10.1. The van der Waals surface area contributed by atoms with Gasteiger partial charge in [-0.3, -0.25) is 10.1 Å². The SMILES string of the molecule is CCCN1C(N2CCNCC2)=NC2C1C(=O)NC(=O)N2C. The number of nitrogens with one attached hydrogen (secondary N) is 2. The second-order valence-corrected chi connectivity index (χ2v) is 5.62. The third kappa shape index (κ3) is 2.33. The van der Waals surface area contributed by atoms with Crippen LogP contribution in [0.2, 0.25) is 0 Å². The van der Waals surface area contributed by atoms with Crippen molar-refractivity contribution in [3.05, 3.63) is 0 Å². The van der Waals surface area contributed by atoms with E-state index in [1.807, 2.05) is 4.90 Å². The number of hydrogen-bond donors (Lipinski definition) is 2. The van der Waals surface area contributed by atoms with E-state index in [2.05, 4.69) is 22.5 Å². The predicted molar refractivity (Wildman–Crippen MR) is 77.8 cm³/mol. The third-order valence-corrected chi connectivity index (χ3v) is 4.20. The molecule has 3 heterocycles. The summed E-state index contributed by atoms with van der Waals surface area (Å²) < 4.78 is 0. The average molecular weight is 294 g/mol. The van der Waals surface area contributed by atoms with E-state index in [9.17, 15) is 9.59 Å². The molecule has 3 rings (SSSR count). The summed E-state index contributed by atoms with van der Waals surface area (Å²) in [4.78, 5) is 34.5. The second kappa shape index (κ2) is 5.51. The maximum Gasteiger partial charge on any atom is 0.325 e. The first kappa shape index (κ1) is 14.1. The van der Waals surface area contributed by atoms with Gasteiger partial charge in [-0.1, -0.05) is 6.92 Å². The highest BCUT2D eigenvalue weighted by atomic mass is 16.2. The third-order valence-electron chi connectivity index (χ3n) is 4.20. The number of amides is 3. The molecule has 21 heavy (non-hydrogen) atoms. The summed E-state index contributed by atoms with van der Waals surface area (Å²) in [7, 11) is 1.69. The Morgan fingerprint density at radius 2 is 2.00 bits per heavy atom. The van der Waals surface area contributed by atoms with Gasteiger partial charge in [0.05, 0.1) is 0 Å². The van der Waals surface area contributed by atoms with E-state index < -0.39 is 12.2 Å². The van der Waals surface area contributed by atoms with Crippen molar-refractivity contribution in [1.29, 1.82) is 0 Å². The van der Waals surface area contributed by atoms with Gasteiger partial charge in [-0.15, -0.1) is 0 Å². The molecule has 116 valence electrons. The number of imide groups is 1. The van der Waals surface area contributed by atoms with E-state index in [0.717, 1.165) is 45.1 Å². The fraction of sp³-hybridized carbons (Fsp3) is 0.769. The number of carbonyl (C=O) groups excluding carboxylic acids is 2. The number of rotatable bonds is 2. The number of fused-ring (bicyclic) bond motifs is 1. The summed E-state index contributed by atoms with van der Waals surface area (Å²) in [5.41, 5.74) is 0. The number of aliphatic imine (C=N–C) groups is 1. The van der Waals surface area contributed by atoms with Gasteiger partial charge in [0, 0.05) is 39.8 Å². The van der Waals surface area contributed by atoms with Crippen LogP contribution in [0.5, 0.6) is 0 Å². The molecule has 2 saturated heterocycles. The molecule has 0 saturated carbocycles. The number of carbonyl (C=O) groups is 2. The molecular formula is C13H22N6O2. The van der Waals surface area contributed by atoms with Gasteiger partial charge in [0.25, 0.3) is 5.91 Å². The van der Waals surface area contributed by atoms with Crippen molar-refractivity contribution in [3.8, 4) is 0 Å². The van der Waals surface area contributed by atoms with Gasteiger partial charge < -0.3 is 20.0 Å². The lowest BCUT2D eigenvalue weighted by molar-refractivity contribution is -0.127. The van der Waals surface area contributed by atoms with Gasteiger partial charge in [-0.25, -0.2) is 9.79 Å². The van der Waals surface area contributed by atoms with Gasteiger partial charge in [0.1, 0.15) is 0 Å². The number of guanidine groups is 1. The summed E-state index contributed by atoms with van der Waals surface area (Å²) in [6.07, 6.45) is 0.516. The van der Waals surface area contributed by atoms with Gasteiger partial charge in [0.15, 0.2) is 18.2 Å². The lowest BCUT2D eigenvalue weighted by Gasteiger charge is -2.38. The fourth-order valence-corrected chi connectivity index (χ4v) is 3.12. The Labute approximate surface area is 124 Å². The van der Waals surface area contributed by atoms with Crippen LogP contribution >= 0.6 is 0 Å². The standard InChI is InChI=1S/C13H22N6O2/c1-3-6-19-9-10(17(2)13(21)16-11(9)20)15-12(19)18-7-4-14-5-8-18/h9-10,14H,3-8H2,1-2H3,(H,16,20,21). The highest BCUT2D eigenvalue weighted by Gasteiger charge is 2.49. The largest absolute Gasteiger partial charge is 0.340 e. The Morgan fingerprint density at radius 1 is 1.29 bits per heavy atom. The highest BCUT2D eigenvalue weighted by Crippen LogP contribution is 2.25. The first-order valence-electron chi connectivity index (χ1n) is 7.51. The Kier molecular flexibility index (Phi) is 3.71. The van der Waals surface area contributed by atoms with Crippen LogP contribution in [-0.2, 0) is 4.79 Å². The maximum absolute atomic E-state index is 12.2. The van der Waals surface area contributed by atoms with Crippen LogP contribution in [0.15, 0.2) is 4.99 Å². The summed E-state index contributed by atoms with van der Waals surface area (Å²) in [5, 5.41) is 5.73. The summed E-state index contributed by atoms with van der Waals surface area (Å²) in [6, 6.07) is -0.777. The molecule has 2 atom stereocenters. The van der Waals surface area contributed by atoms with E-state index in [1.54, 1.807) is 7.05 Å². The fourth-order valence-electron chi connectivity index (χ4n) is 3.12. The van der Waals surface area contributed by atoms with Crippen LogP contribution < -0.4 is 10.6 Å². The van der Waals surface area contributed by atoms with Crippen LogP contribution in [0.25, 0.3) is 0 Å². The highest BCUT2D eigenvalue weighted by molar-refractivity contribution is 6.03. The molecule has 0 aromatic rings. The molecule has 2 fully saturated rings. The lowest BCUT2D eigenvalue weighted by Crippen LogP contribution is -2.64. The average Bonchev–Trinajstić information content (AvgIpc) is 2.86. The first-order valence-corrected chi connectivity index (χ1v) is 7.51. The minimum Gasteiger partial charge on any atom is -0.340 e. The van der Waals surface area contributed by atoms with Crippen molar-refractivity contribution < 1.29 is 9.59 Å². The normalized spacial score (nSPS) is 29.4. The van der Waals surface area contributed by atoms with Crippen LogP contribution in [0, 0.1) is 0 Å². The molecule has 3 amide bonds. The van der Waals surface area contributed by atoms with Crippen molar-refractivity contribution in [2.45, 2.75) is 25.6 Å². The Bertz CT molecular complexity index is 473. The number of nitrogens with zero attached hydrogens (tertiary/aromatic N) is 4.